The molecule has 5 nitrogen and oxygen atoms in total. The van der Waals surface area contributed by atoms with Gasteiger partial charge >= 0.3 is 0 Å². The molecule has 1 aliphatic rings. The van der Waals surface area contributed by atoms with E-state index in [1.54, 1.807) is 11.3 Å². The number of nitrogens with zero attached hydrogens (tertiary/aromatic N) is 4. The van der Waals surface area contributed by atoms with Crippen molar-refractivity contribution >= 4 is 11.3 Å². The second-order valence-corrected chi connectivity index (χ2v) is 6.00. The number of hydrogen-bond acceptors (Lipinski definition) is 5. The quantitative estimate of drug-likeness (QED) is 0.914. The van der Waals surface area contributed by atoms with E-state index >= 15 is 0 Å². The van der Waals surface area contributed by atoms with Crippen molar-refractivity contribution in [2.24, 2.45) is 0 Å². The van der Waals surface area contributed by atoms with Crippen LogP contribution in [-0.4, -0.2) is 19.7 Å². The summed E-state index contributed by atoms with van der Waals surface area (Å²) in [5.74, 6) is 2.19. The number of rotatable bonds is 4. The highest BCUT2D eigenvalue weighted by Crippen LogP contribution is 2.19. The van der Waals surface area contributed by atoms with Crippen LogP contribution in [0.5, 0.6) is 0 Å². The Morgan fingerprint density at radius 3 is 3.17 bits per heavy atom. The van der Waals surface area contributed by atoms with Crippen LogP contribution in [0.4, 0.5) is 0 Å². The zero-order valence-electron chi connectivity index (χ0n) is 10.7. The molecule has 0 aliphatic carbocycles. The minimum absolute atomic E-state index is 0.228. The molecule has 1 unspecified atom stereocenters. The molecule has 1 aliphatic heterocycles. The summed E-state index contributed by atoms with van der Waals surface area (Å²) in [6, 6.07) is 0.228. The zero-order chi connectivity index (χ0) is 12.5. The minimum Gasteiger partial charge on any atom is -0.314 e. The molecule has 6 heteroatoms. The molecule has 18 heavy (non-hydrogen) atoms. The van der Waals surface area contributed by atoms with Crippen molar-refractivity contribution in [3.8, 4) is 0 Å². The summed E-state index contributed by atoms with van der Waals surface area (Å²) in [5.41, 5.74) is 0. The number of thiazole rings is 1. The molecule has 0 fully saturated rings. The Morgan fingerprint density at radius 2 is 2.39 bits per heavy atom. The van der Waals surface area contributed by atoms with E-state index in [1.807, 2.05) is 13.1 Å². The highest BCUT2D eigenvalue weighted by molar-refractivity contribution is 7.11. The molecule has 2 aromatic rings. The molecule has 1 atom stereocenters. The van der Waals surface area contributed by atoms with Crippen LogP contribution in [0.1, 0.15) is 40.9 Å². The lowest BCUT2D eigenvalue weighted by Gasteiger charge is -2.12. The van der Waals surface area contributed by atoms with Crippen LogP contribution in [0.15, 0.2) is 6.20 Å². The van der Waals surface area contributed by atoms with Crippen LogP contribution in [0, 0.1) is 6.92 Å². The molecule has 0 amide bonds. The summed E-state index contributed by atoms with van der Waals surface area (Å²) in [5, 5.41) is 13.1. The van der Waals surface area contributed by atoms with E-state index in [2.05, 4.69) is 32.0 Å². The molecule has 0 saturated carbocycles. The molecule has 0 spiro atoms. The molecule has 3 rings (SSSR count). The molecular formula is C12H17N5S. The van der Waals surface area contributed by atoms with Gasteiger partial charge in [-0.15, -0.1) is 21.5 Å². The first-order valence-corrected chi connectivity index (χ1v) is 7.12. The zero-order valence-corrected chi connectivity index (χ0v) is 11.5. The first-order valence-electron chi connectivity index (χ1n) is 6.30. The lowest BCUT2D eigenvalue weighted by Crippen LogP contribution is -2.21. The summed E-state index contributed by atoms with van der Waals surface area (Å²) in [6.45, 7) is 6.07. The fourth-order valence-electron chi connectivity index (χ4n) is 2.33. The van der Waals surface area contributed by atoms with Crippen molar-refractivity contribution < 1.29 is 0 Å². The van der Waals surface area contributed by atoms with Crippen molar-refractivity contribution in [3.63, 3.8) is 0 Å². The van der Waals surface area contributed by atoms with Crippen molar-refractivity contribution in [3.05, 3.63) is 27.7 Å². The summed E-state index contributed by atoms with van der Waals surface area (Å²) in [6.07, 6.45) is 4.19. The molecular weight excluding hydrogens is 246 g/mol. The molecule has 0 radical (unpaired) electrons. The Bertz CT molecular complexity index is 544. The molecule has 1 N–H and O–H groups in total. The highest BCUT2D eigenvalue weighted by atomic mass is 32.1. The third-order valence-corrected chi connectivity index (χ3v) is 4.19. The predicted octanol–water partition coefficient (Wildman–Crippen LogP) is 1.84. The van der Waals surface area contributed by atoms with Crippen molar-refractivity contribution in [2.45, 2.75) is 45.8 Å². The van der Waals surface area contributed by atoms with Gasteiger partial charge in [-0.1, -0.05) is 0 Å². The van der Waals surface area contributed by atoms with Gasteiger partial charge in [0.05, 0.1) is 11.0 Å². The number of aromatic nitrogens is 4. The van der Waals surface area contributed by atoms with Gasteiger partial charge < -0.3 is 9.88 Å². The third-order valence-electron chi connectivity index (χ3n) is 3.28. The minimum atomic E-state index is 0.228. The van der Waals surface area contributed by atoms with Gasteiger partial charge in [-0.2, -0.15) is 0 Å². The van der Waals surface area contributed by atoms with E-state index in [1.165, 1.54) is 11.3 Å². The van der Waals surface area contributed by atoms with Crippen LogP contribution in [-0.2, 0) is 19.5 Å². The average Bonchev–Trinajstić information content (AvgIpc) is 3.01. The van der Waals surface area contributed by atoms with E-state index in [4.69, 9.17) is 0 Å². The van der Waals surface area contributed by atoms with Crippen LogP contribution in [0.3, 0.4) is 0 Å². The SMILES string of the molecule is Cc1ncc(CNC(C)c2nnc3n2CCC3)s1. The first kappa shape index (κ1) is 11.8. The number of hydrogen-bond donors (Lipinski definition) is 1. The largest absolute Gasteiger partial charge is 0.314 e. The fourth-order valence-corrected chi connectivity index (χ4v) is 3.07. The Kier molecular flexibility index (Phi) is 3.13. The monoisotopic (exact) mass is 263 g/mol. The van der Waals surface area contributed by atoms with Gasteiger partial charge in [0.2, 0.25) is 0 Å². The van der Waals surface area contributed by atoms with E-state index in [0.29, 0.717) is 0 Å². The van der Waals surface area contributed by atoms with E-state index in [-0.39, 0.29) is 6.04 Å². The normalized spacial score (nSPS) is 15.9. The van der Waals surface area contributed by atoms with Gasteiger partial charge in [0, 0.05) is 30.6 Å². The van der Waals surface area contributed by atoms with Gasteiger partial charge in [0.15, 0.2) is 0 Å². The number of aryl methyl sites for hydroxylation is 2. The maximum absolute atomic E-state index is 4.29. The number of nitrogens with one attached hydrogen (secondary N) is 1. The highest BCUT2D eigenvalue weighted by Gasteiger charge is 2.20. The van der Waals surface area contributed by atoms with Gasteiger partial charge in [0.1, 0.15) is 11.6 Å². The molecule has 0 bridgehead atoms. The van der Waals surface area contributed by atoms with Gasteiger partial charge in [-0.3, -0.25) is 0 Å². The fraction of sp³-hybridized carbons (Fsp3) is 0.583. The molecule has 0 saturated heterocycles. The predicted molar refractivity (Wildman–Crippen MR) is 70.4 cm³/mol. The number of fused-ring (bicyclic) bond motifs is 1. The van der Waals surface area contributed by atoms with Gasteiger partial charge in [-0.25, -0.2) is 4.98 Å². The summed E-state index contributed by atoms with van der Waals surface area (Å²) in [7, 11) is 0. The maximum Gasteiger partial charge on any atom is 0.149 e. The van der Waals surface area contributed by atoms with Crippen LogP contribution >= 0.6 is 11.3 Å². The second-order valence-electron chi connectivity index (χ2n) is 4.68. The van der Waals surface area contributed by atoms with Crippen LogP contribution < -0.4 is 5.32 Å². The topological polar surface area (TPSA) is 55.6 Å². The summed E-state index contributed by atoms with van der Waals surface area (Å²) in [4.78, 5) is 5.52. The maximum atomic E-state index is 4.29. The van der Waals surface area contributed by atoms with Crippen molar-refractivity contribution in [2.75, 3.05) is 0 Å². The molecule has 2 aromatic heterocycles. The molecule has 3 heterocycles. The Balaban J connectivity index is 1.66. The van der Waals surface area contributed by atoms with Crippen molar-refractivity contribution in [1.82, 2.24) is 25.1 Å². The van der Waals surface area contributed by atoms with E-state index in [9.17, 15) is 0 Å². The standard InChI is InChI=1S/C12H17N5S/c1-8(13-6-10-7-14-9(2)18-10)12-16-15-11-4-3-5-17(11)12/h7-8,13H,3-6H2,1-2H3. The lowest BCUT2D eigenvalue weighted by molar-refractivity contribution is 0.518. The Labute approximate surface area is 110 Å². The van der Waals surface area contributed by atoms with Crippen LogP contribution in [0.25, 0.3) is 0 Å². The van der Waals surface area contributed by atoms with Gasteiger partial charge in [0.25, 0.3) is 0 Å². The summed E-state index contributed by atoms with van der Waals surface area (Å²) >= 11 is 1.74. The smallest absolute Gasteiger partial charge is 0.149 e. The second kappa shape index (κ2) is 4.78. The third kappa shape index (κ3) is 2.18. The Hall–Kier alpha value is -1.27. The van der Waals surface area contributed by atoms with E-state index in [0.717, 1.165) is 36.2 Å². The Morgan fingerprint density at radius 1 is 1.50 bits per heavy atom. The van der Waals surface area contributed by atoms with Crippen molar-refractivity contribution in [1.29, 1.82) is 0 Å². The summed E-state index contributed by atoms with van der Waals surface area (Å²) < 4.78 is 2.25. The van der Waals surface area contributed by atoms with E-state index < -0.39 is 0 Å². The van der Waals surface area contributed by atoms with Crippen LogP contribution in [0.2, 0.25) is 0 Å². The first-order chi connectivity index (χ1) is 8.74. The lowest BCUT2D eigenvalue weighted by atomic mass is 10.3. The average molecular weight is 263 g/mol. The molecule has 0 aromatic carbocycles. The molecule has 96 valence electrons. The van der Waals surface area contributed by atoms with Gasteiger partial charge in [-0.05, 0) is 20.3 Å².